The van der Waals surface area contributed by atoms with E-state index >= 15 is 0 Å². The van der Waals surface area contributed by atoms with Crippen LogP contribution in [0.25, 0.3) is 10.8 Å². The molecule has 10 heteroatoms. The topological polar surface area (TPSA) is 123 Å². The number of ether oxygens (including phenoxy) is 2. The molecule has 1 amide bonds. The Labute approximate surface area is 255 Å². The molecule has 44 heavy (non-hydrogen) atoms. The summed E-state index contributed by atoms with van der Waals surface area (Å²) < 4.78 is 39.0. The van der Waals surface area contributed by atoms with Crippen LogP contribution in [0.15, 0.2) is 119 Å². The van der Waals surface area contributed by atoms with Crippen LogP contribution in [0.3, 0.4) is 0 Å². The van der Waals surface area contributed by atoms with Crippen molar-refractivity contribution in [1.29, 1.82) is 0 Å². The molecule has 0 unspecified atom stereocenters. The predicted molar refractivity (Wildman–Crippen MR) is 170 cm³/mol. The standard InChI is InChI=1S/C34H29N3O6S/c1-3-42-28-17-12-26(13-18-28)34(39)43-32-21-14-24-6-4-5-7-30(24)31(32)22-35-36-33(38)25-10-15-27(16-11-25)37-44(40,41)29-19-8-23(2)9-20-29/h4-22,37H,3H2,1-2H3,(H,36,38)/b35-22-. The number of nitrogens with one attached hydrogen (secondary N) is 2. The normalized spacial score (nSPS) is 11.3. The summed E-state index contributed by atoms with van der Waals surface area (Å²) in [6.07, 6.45) is 1.42. The van der Waals surface area contributed by atoms with Gasteiger partial charge in [-0.05, 0) is 91.3 Å². The number of amides is 1. The highest BCUT2D eigenvalue weighted by atomic mass is 32.2. The maximum Gasteiger partial charge on any atom is 0.343 e. The summed E-state index contributed by atoms with van der Waals surface area (Å²) in [6, 6.07) is 30.1. The summed E-state index contributed by atoms with van der Waals surface area (Å²) in [5, 5.41) is 5.79. The second kappa shape index (κ2) is 13.2. The van der Waals surface area contributed by atoms with Gasteiger partial charge in [-0.15, -0.1) is 0 Å². The molecule has 0 aliphatic carbocycles. The van der Waals surface area contributed by atoms with Crippen LogP contribution in [0.2, 0.25) is 0 Å². The van der Waals surface area contributed by atoms with Gasteiger partial charge in [-0.25, -0.2) is 18.6 Å². The lowest BCUT2D eigenvalue weighted by Gasteiger charge is -2.11. The summed E-state index contributed by atoms with van der Waals surface area (Å²) in [5.74, 6) is -0.148. The number of esters is 1. The van der Waals surface area contributed by atoms with Crippen molar-refractivity contribution in [3.8, 4) is 11.5 Å². The molecule has 0 saturated heterocycles. The first kappa shape index (κ1) is 30.0. The van der Waals surface area contributed by atoms with Gasteiger partial charge in [0.15, 0.2) is 0 Å². The highest BCUT2D eigenvalue weighted by Gasteiger charge is 2.16. The van der Waals surface area contributed by atoms with Crippen LogP contribution in [0.5, 0.6) is 11.5 Å². The predicted octanol–water partition coefficient (Wildman–Crippen LogP) is 6.33. The molecular formula is C34H29N3O6S. The monoisotopic (exact) mass is 607 g/mol. The fraction of sp³-hybridized carbons (Fsp3) is 0.0882. The summed E-state index contributed by atoms with van der Waals surface area (Å²) in [5.41, 5.74) is 4.85. The van der Waals surface area contributed by atoms with Crippen molar-refractivity contribution in [2.75, 3.05) is 11.3 Å². The number of rotatable bonds is 10. The summed E-state index contributed by atoms with van der Waals surface area (Å²) in [6.45, 7) is 4.27. The number of hydrazone groups is 1. The van der Waals surface area contributed by atoms with E-state index in [-0.39, 0.29) is 16.2 Å². The van der Waals surface area contributed by atoms with E-state index in [2.05, 4.69) is 15.2 Å². The summed E-state index contributed by atoms with van der Waals surface area (Å²) in [7, 11) is -3.78. The zero-order chi connectivity index (χ0) is 31.1. The van der Waals surface area contributed by atoms with Gasteiger partial charge in [0.25, 0.3) is 15.9 Å². The molecule has 0 aliphatic rings. The van der Waals surface area contributed by atoms with E-state index in [1.54, 1.807) is 42.5 Å². The van der Waals surface area contributed by atoms with Crippen LogP contribution in [0.4, 0.5) is 5.69 Å². The Hall–Kier alpha value is -5.48. The average Bonchev–Trinajstić information content (AvgIpc) is 3.02. The van der Waals surface area contributed by atoms with Crippen molar-refractivity contribution in [1.82, 2.24) is 5.43 Å². The van der Waals surface area contributed by atoms with Crippen molar-refractivity contribution < 1.29 is 27.5 Å². The van der Waals surface area contributed by atoms with Gasteiger partial charge in [0.1, 0.15) is 11.5 Å². The molecule has 0 heterocycles. The number of carbonyl (C=O) groups excluding carboxylic acids is 2. The van der Waals surface area contributed by atoms with Crippen LogP contribution in [0, 0.1) is 6.92 Å². The number of anilines is 1. The molecule has 0 radical (unpaired) electrons. The highest BCUT2D eigenvalue weighted by Crippen LogP contribution is 2.28. The zero-order valence-electron chi connectivity index (χ0n) is 24.0. The molecule has 0 aliphatic heterocycles. The smallest absolute Gasteiger partial charge is 0.343 e. The Kier molecular flexibility index (Phi) is 9.01. The molecule has 5 rings (SSSR count). The molecule has 5 aromatic rings. The Morgan fingerprint density at radius 1 is 0.818 bits per heavy atom. The first-order chi connectivity index (χ1) is 21.2. The van der Waals surface area contributed by atoms with E-state index in [4.69, 9.17) is 9.47 Å². The van der Waals surface area contributed by atoms with E-state index in [1.807, 2.05) is 44.2 Å². The number of hydrogen-bond acceptors (Lipinski definition) is 7. The third-order valence-electron chi connectivity index (χ3n) is 6.62. The quantitative estimate of drug-likeness (QED) is 0.0828. The Balaban J connectivity index is 1.30. The fourth-order valence-electron chi connectivity index (χ4n) is 4.35. The zero-order valence-corrected chi connectivity index (χ0v) is 24.8. The van der Waals surface area contributed by atoms with Gasteiger partial charge in [0.05, 0.1) is 23.3 Å². The number of benzene rings is 5. The minimum Gasteiger partial charge on any atom is -0.494 e. The molecule has 5 aromatic carbocycles. The molecule has 0 fully saturated rings. The van der Waals surface area contributed by atoms with Crippen LogP contribution < -0.4 is 19.6 Å². The van der Waals surface area contributed by atoms with Gasteiger partial charge in [0.2, 0.25) is 0 Å². The Morgan fingerprint density at radius 2 is 1.50 bits per heavy atom. The second-order valence-corrected chi connectivity index (χ2v) is 11.4. The van der Waals surface area contributed by atoms with E-state index in [9.17, 15) is 18.0 Å². The lowest BCUT2D eigenvalue weighted by atomic mass is 10.0. The first-order valence-electron chi connectivity index (χ1n) is 13.7. The molecular weight excluding hydrogens is 578 g/mol. The Morgan fingerprint density at radius 3 is 2.20 bits per heavy atom. The van der Waals surface area contributed by atoms with Gasteiger partial charge in [-0.3, -0.25) is 9.52 Å². The number of aryl methyl sites for hydroxylation is 1. The molecule has 222 valence electrons. The average molecular weight is 608 g/mol. The van der Waals surface area contributed by atoms with Crippen LogP contribution >= 0.6 is 0 Å². The number of carbonyl (C=O) groups is 2. The Bertz CT molecular complexity index is 1940. The van der Waals surface area contributed by atoms with Crippen LogP contribution in [0.1, 0.15) is 38.8 Å². The summed E-state index contributed by atoms with van der Waals surface area (Å²) >= 11 is 0. The van der Waals surface area contributed by atoms with Gasteiger partial charge in [0, 0.05) is 16.8 Å². The van der Waals surface area contributed by atoms with E-state index in [0.29, 0.717) is 29.2 Å². The van der Waals surface area contributed by atoms with Gasteiger partial charge in [-0.1, -0.05) is 48.0 Å². The number of nitrogens with zero attached hydrogens (tertiary/aromatic N) is 1. The first-order valence-corrected chi connectivity index (χ1v) is 15.2. The third-order valence-corrected chi connectivity index (χ3v) is 8.02. The molecule has 0 bridgehead atoms. The minimum absolute atomic E-state index is 0.136. The number of sulfonamides is 1. The van der Waals surface area contributed by atoms with Gasteiger partial charge >= 0.3 is 5.97 Å². The summed E-state index contributed by atoms with van der Waals surface area (Å²) in [4.78, 5) is 25.9. The van der Waals surface area contributed by atoms with E-state index in [0.717, 1.165) is 16.3 Å². The van der Waals surface area contributed by atoms with Crippen molar-refractivity contribution in [2.45, 2.75) is 18.7 Å². The van der Waals surface area contributed by atoms with Crippen molar-refractivity contribution >= 4 is 44.6 Å². The molecule has 0 aromatic heterocycles. The number of fused-ring (bicyclic) bond motifs is 1. The van der Waals surface area contributed by atoms with Crippen LogP contribution in [-0.2, 0) is 10.0 Å². The molecule has 0 atom stereocenters. The maximum absolute atomic E-state index is 12.9. The molecule has 0 saturated carbocycles. The highest BCUT2D eigenvalue weighted by molar-refractivity contribution is 7.92. The van der Waals surface area contributed by atoms with Crippen molar-refractivity contribution in [3.63, 3.8) is 0 Å². The maximum atomic E-state index is 12.9. The largest absolute Gasteiger partial charge is 0.494 e. The van der Waals surface area contributed by atoms with Crippen molar-refractivity contribution in [2.24, 2.45) is 5.10 Å². The lowest BCUT2D eigenvalue weighted by molar-refractivity contribution is 0.0734. The van der Waals surface area contributed by atoms with E-state index in [1.165, 1.54) is 42.6 Å². The molecule has 9 nitrogen and oxygen atoms in total. The lowest BCUT2D eigenvalue weighted by Crippen LogP contribution is -2.18. The molecule has 0 spiro atoms. The SMILES string of the molecule is CCOc1ccc(C(=O)Oc2ccc3ccccc3c2/C=N\NC(=O)c2ccc(NS(=O)(=O)c3ccc(C)cc3)cc2)cc1. The van der Waals surface area contributed by atoms with Gasteiger partial charge < -0.3 is 9.47 Å². The minimum atomic E-state index is -3.78. The van der Waals surface area contributed by atoms with Crippen molar-refractivity contribution in [3.05, 3.63) is 131 Å². The van der Waals surface area contributed by atoms with Crippen LogP contribution in [-0.4, -0.2) is 33.1 Å². The third kappa shape index (κ3) is 7.11. The number of hydrogen-bond donors (Lipinski definition) is 2. The second-order valence-electron chi connectivity index (χ2n) is 9.74. The van der Waals surface area contributed by atoms with E-state index < -0.39 is 21.9 Å². The fourth-order valence-corrected chi connectivity index (χ4v) is 5.41. The van der Waals surface area contributed by atoms with Gasteiger partial charge in [-0.2, -0.15) is 5.10 Å². The molecule has 2 N–H and O–H groups in total.